The lowest BCUT2D eigenvalue weighted by atomic mass is 10.1. The number of aryl methyl sites for hydroxylation is 1. The molecule has 3 aromatic heterocycles. The molecule has 0 unspecified atom stereocenters. The Bertz CT molecular complexity index is 1070. The zero-order valence-corrected chi connectivity index (χ0v) is 13.7. The van der Waals surface area contributed by atoms with Crippen LogP contribution in [0.15, 0.2) is 54.9 Å². The minimum Gasteiger partial charge on any atom is -0.365 e. The third kappa shape index (κ3) is 2.83. The van der Waals surface area contributed by atoms with E-state index in [1.165, 1.54) is 0 Å². The van der Waals surface area contributed by atoms with Crippen LogP contribution in [0.4, 0.5) is 5.82 Å². The lowest BCUT2D eigenvalue weighted by Gasteiger charge is -2.08. The van der Waals surface area contributed by atoms with Crippen LogP contribution in [0.25, 0.3) is 17.0 Å². The summed E-state index contributed by atoms with van der Waals surface area (Å²) in [4.78, 5) is 12.3. The highest BCUT2D eigenvalue weighted by Gasteiger charge is 2.15. The van der Waals surface area contributed by atoms with Gasteiger partial charge >= 0.3 is 0 Å². The first kappa shape index (κ1) is 15.0. The van der Waals surface area contributed by atoms with Gasteiger partial charge in [0.2, 0.25) is 0 Å². The molecule has 0 spiro atoms. The van der Waals surface area contributed by atoms with Gasteiger partial charge in [-0.05, 0) is 36.8 Å². The molecule has 0 aliphatic rings. The largest absolute Gasteiger partial charge is 0.365 e. The molecule has 0 aliphatic heterocycles. The van der Waals surface area contributed by atoms with Crippen molar-refractivity contribution in [3.05, 3.63) is 71.8 Å². The highest BCUT2D eigenvalue weighted by atomic mass is 15.1. The second kappa shape index (κ2) is 6.13. The van der Waals surface area contributed by atoms with E-state index in [1.807, 2.05) is 66.2 Å². The fourth-order valence-electron chi connectivity index (χ4n) is 2.77. The number of anilines is 1. The number of imidazole rings is 2. The maximum Gasteiger partial charge on any atom is 0.140 e. The average Bonchev–Trinajstić information content (AvgIpc) is 3.24. The Hall–Kier alpha value is -3.59. The van der Waals surface area contributed by atoms with Gasteiger partial charge in [0.1, 0.15) is 28.7 Å². The van der Waals surface area contributed by atoms with Crippen molar-refractivity contribution in [1.82, 2.24) is 19.4 Å². The molecule has 6 heteroatoms. The van der Waals surface area contributed by atoms with Gasteiger partial charge in [0, 0.05) is 18.9 Å². The Morgan fingerprint density at radius 3 is 2.72 bits per heavy atom. The van der Waals surface area contributed by atoms with Crippen molar-refractivity contribution in [2.75, 3.05) is 5.32 Å². The number of nitrogens with one attached hydrogen (secondary N) is 2. The van der Waals surface area contributed by atoms with Gasteiger partial charge in [-0.15, -0.1) is 0 Å². The molecule has 0 atom stereocenters. The lowest BCUT2D eigenvalue weighted by molar-refractivity contribution is 1.08. The standard InChI is InChI=1S/C19H16N6/c1-13-21-12-16(23-13)18-19(25-9-3-2-4-17(25)24-18)22-11-15-7-5-14(10-20)6-8-15/h2-9,12,22H,11H2,1H3,(H,21,23). The van der Waals surface area contributed by atoms with E-state index in [2.05, 4.69) is 21.4 Å². The van der Waals surface area contributed by atoms with E-state index in [1.54, 1.807) is 0 Å². The van der Waals surface area contributed by atoms with Crippen LogP contribution >= 0.6 is 0 Å². The fourth-order valence-corrected chi connectivity index (χ4v) is 2.77. The summed E-state index contributed by atoms with van der Waals surface area (Å²) < 4.78 is 2.02. The van der Waals surface area contributed by atoms with Gasteiger partial charge in [-0.1, -0.05) is 18.2 Å². The first-order chi connectivity index (χ1) is 12.2. The third-order valence-electron chi connectivity index (χ3n) is 4.02. The number of hydrogen-bond acceptors (Lipinski definition) is 4. The van der Waals surface area contributed by atoms with E-state index in [0.29, 0.717) is 12.1 Å². The van der Waals surface area contributed by atoms with Crippen LogP contribution in [0.1, 0.15) is 17.0 Å². The predicted molar refractivity (Wildman–Crippen MR) is 96.0 cm³/mol. The normalized spacial score (nSPS) is 10.7. The molecular weight excluding hydrogens is 312 g/mol. The molecule has 0 fully saturated rings. The third-order valence-corrected chi connectivity index (χ3v) is 4.02. The molecule has 122 valence electrons. The van der Waals surface area contributed by atoms with Crippen LogP contribution in [0.5, 0.6) is 0 Å². The molecule has 25 heavy (non-hydrogen) atoms. The summed E-state index contributed by atoms with van der Waals surface area (Å²) in [7, 11) is 0. The Labute approximate surface area is 144 Å². The van der Waals surface area contributed by atoms with Crippen LogP contribution in [-0.2, 0) is 6.54 Å². The van der Waals surface area contributed by atoms with Crippen molar-refractivity contribution < 1.29 is 0 Å². The van der Waals surface area contributed by atoms with Crippen molar-refractivity contribution in [3.63, 3.8) is 0 Å². The van der Waals surface area contributed by atoms with E-state index in [9.17, 15) is 0 Å². The number of rotatable bonds is 4. The van der Waals surface area contributed by atoms with Crippen molar-refractivity contribution in [3.8, 4) is 17.5 Å². The molecule has 3 heterocycles. The maximum absolute atomic E-state index is 8.90. The minimum absolute atomic E-state index is 0.630. The van der Waals surface area contributed by atoms with Crippen LogP contribution < -0.4 is 5.32 Å². The Balaban J connectivity index is 1.70. The number of benzene rings is 1. The first-order valence-electron chi connectivity index (χ1n) is 7.97. The number of fused-ring (bicyclic) bond motifs is 1. The summed E-state index contributed by atoms with van der Waals surface area (Å²) in [6, 6.07) is 15.6. The van der Waals surface area contributed by atoms with Crippen molar-refractivity contribution in [2.45, 2.75) is 13.5 Å². The Morgan fingerprint density at radius 1 is 1.16 bits per heavy atom. The molecule has 4 aromatic rings. The number of nitriles is 1. The highest BCUT2D eigenvalue weighted by molar-refractivity contribution is 5.74. The fraction of sp³-hybridized carbons (Fsp3) is 0.105. The number of aromatic nitrogens is 4. The molecule has 0 saturated carbocycles. The zero-order chi connectivity index (χ0) is 17.2. The van der Waals surface area contributed by atoms with Gasteiger partial charge in [-0.2, -0.15) is 5.26 Å². The average molecular weight is 328 g/mol. The summed E-state index contributed by atoms with van der Waals surface area (Å²) in [6.07, 6.45) is 3.84. The van der Waals surface area contributed by atoms with Crippen LogP contribution in [0.2, 0.25) is 0 Å². The van der Waals surface area contributed by atoms with E-state index in [4.69, 9.17) is 10.2 Å². The smallest absolute Gasteiger partial charge is 0.140 e. The summed E-state index contributed by atoms with van der Waals surface area (Å²) in [6.45, 7) is 2.55. The van der Waals surface area contributed by atoms with Crippen molar-refractivity contribution in [1.29, 1.82) is 5.26 Å². The Morgan fingerprint density at radius 2 is 2.00 bits per heavy atom. The zero-order valence-electron chi connectivity index (χ0n) is 13.7. The first-order valence-corrected chi connectivity index (χ1v) is 7.97. The monoisotopic (exact) mass is 328 g/mol. The van der Waals surface area contributed by atoms with E-state index < -0.39 is 0 Å². The SMILES string of the molecule is Cc1nc(-c2nc3ccccn3c2NCc2ccc(C#N)cc2)c[nH]1. The number of hydrogen-bond donors (Lipinski definition) is 2. The molecular formula is C19H16N6. The second-order valence-electron chi connectivity index (χ2n) is 5.77. The number of nitrogens with zero attached hydrogens (tertiary/aromatic N) is 4. The van der Waals surface area contributed by atoms with Gasteiger partial charge in [0.05, 0.1) is 11.6 Å². The molecule has 0 amide bonds. The molecule has 0 aliphatic carbocycles. The van der Waals surface area contributed by atoms with Gasteiger partial charge < -0.3 is 10.3 Å². The number of aromatic amines is 1. The van der Waals surface area contributed by atoms with E-state index in [-0.39, 0.29) is 0 Å². The molecule has 0 saturated heterocycles. The predicted octanol–water partition coefficient (Wildman–Crippen LogP) is 3.52. The van der Waals surface area contributed by atoms with Crippen molar-refractivity contribution in [2.24, 2.45) is 0 Å². The molecule has 0 bridgehead atoms. The highest BCUT2D eigenvalue weighted by Crippen LogP contribution is 2.28. The van der Waals surface area contributed by atoms with E-state index in [0.717, 1.165) is 34.2 Å². The lowest BCUT2D eigenvalue weighted by Crippen LogP contribution is -2.03. The van der Waals surface area contributed by atoms with Crippen LogP contribution in [0, 0.1) is 18.3 Å². The second-order valence-corrected chi connectivity index (χ2v) is 5.77. The number of H-pyrrole nitrogens is 1. The topological polar surface area (TPSA) is 81.8 Å². The van der Waals surface area contributed by atoms with Gasteiger partial charge in [0.25, 0.3) is 0 Å². The quantitative estimate of drug-likeness (QED) is 0.600. The summed E-state index contributed by atoms with van der Waals surface area (Å²) in [5.41, 5.74) is 4.23. The molecule has 2 N–H and O–H groups in total. The summed E-state index contributed by atoms with van der Waals surface area (Å²) in [5.74, 6) is 1.75. The van der Waals surface area contributed by atoms with Gasteiger partial charge in [-0.25, -0.2) is 9.97 Å². The number of pyridine rings is 1. The molecule has 1 aromatic carbocycles. The van der Waals surface area contributed by atoms with Crippen molar-refractivity contribution >= 4 is 11.5 Å². The van der Waals surface area contributed by atoms with Gasteiger partial charge in [0.15, 0.2) is 0 Å². The summed E-state index contributed by atoms with van der Waals surface area (Å²) >= 11 is 0. The van der Waals surface area contributed by atoms with Crippen LogP contribution in [0.3, 0.4) is 0 Å². The summed E-state index contributed by atoms with van der Waals surface area (Å²) in [5, 5.41) is 12.4. The van der Waals surface area contributed by atoms with E-state index >= 15 is 0 Å². The molecule has 0 radical (unpaired) electrons. The maximum atomic E-state index is 8.90. The van der Waals surface area contributed by atoms with Crippen LogP contribution in [-0.4, -0.2) is 19.4 Å². The minimum atomic E-state index is 0.630. The molecule has 4 rings (SSSR count). The molecule has 6 nitrogen and oxygen atoms in total. The Kier molecular flexibility index (Phi) is 3.67. The van der Waals surface area contributed by atoms with Gasteiger partial charge in [-0.3, -0.25) is 4.40 Å².